The molecule has 4 radical (unpaired) electrons. The van der Waals surface area contributed by atoms with E-state index in [1.165, 1.54) is 16.2 Å². The molecule has 0 spiro atoms. The summed E-state index contributed by atoms with van der Waals surface area (Å²) < 4.78 is 8.17. The standard InChI is InChI=1S/2Al.O2.3H2O.O.S2.2H2S/c;;1-2;;;;;1-2;;/h;;;3*1H2;;;2*1H2. The zero-order valence-electron chi connectivity index (χ0n) is 5.70. The van der Waals surface area contributed by atoms with Crippen molar-refractivity contribution in [2.45, 2.75) is 0 Å². The van der Waals surface area contributed by atoms with Gasteiger partial charge in [-0.25, -0.2) is 0 Å². The van der Waals surface area contributed by atoms with Crippen molar-refractivity contribution in [1.29, 1.82) is 0 Å². The molecule has 12 heteroatoms. The summed E-state index contributed by atoms with van der Waals surface area (Å²) in [6, 6.07) is 0. The molecule has 76 valence electrons. The van der Waals surface area contributed by atoms with Gasteiger partial charge >= 0.3 is 20.0 Å². The monoisotopic (exact) mass is 288 g/mol. The first-order valence-electron chi connectivity index (χ1n) is 0.569. The minimum absolute atomic E-state index is 0. The van der Waals surface area contributed by atoms with Crippen molar-refractivity contribution in [2.75, 3.05) is 0 Å². The molecule has 0 aromatic rings. The van der Waals surface area contributed by atoms with Crippen LogP contribution in [-0.2, 0) is 26.2 Å². The van der Waals surface area contributed by atoms with Gasteiger partial charge in [-0.05, 0) is 0 Å². The fourth-order valence-corrected chi connectivity index (χ4v) is 0. The Bertz CT molecular complexity index is 22.3. The minimum atomic E-state index is 0. The van der Waals surface area contributed by atoms with Crippen molar-refractivity contribution in [1.82, 2.24) is 0 Å². The van der Waals surface area contributed by atoms with Gasteiger partial charge in [-0.1, -0.05) is 0 Å². The van der Waals surface area contributed by atoms with Gasteiger partial charge < -0.3 is 16.4 Å². The Balaban J connectivity index is -0.00000000129. The molecule has 0 aromatic carbocycles. The van der Waals surface area contributed by atoms with E-state index in [9.17, 15) is 0 Å². The predicted molar refractivity (Wildman–Crippen MR) is 65.3 cm³/mol. The fraction of sp³-hybridized carbons (Fsp3) is 0. The van der Waals surface area contributed by atoms with E-state index in [0.717, 1.165) is 0 Å². The molecular formula is H10Al2O6S4. The van der Waals surface area contributed by atoms with E-state index in [1.54, 1.807) is 0 Å². The van der Waals surface area contributed by atoms with E-state index >= 15 is 0 Å². The van der Waals surface area contributed by atoms with E-state index in [4.69, 9.17) is 13.7 Å². The topological polar surface area (TPSA) is 146 Å². The molecule has 0 bridgehead atoms. The van der Waals surface area contributed by atoms with Gasteiger partial charge in [0.05, 0.1) is 0 Å². The van der Waals surface area contributed by atoms with Gasteiger partial charge in [0.1, 0.15) is 0 Å². The summed E-state index contributed by atoms with van der Waals surface area (Å²) in [7, 11) is 0. The van der Waals surface area contributed by atoms with Gasteiger partial charge in [0.2, 0.25) is 0 Å². The molecule has 0 atom stereocenters. The molecule has 0 rings (SSSR count). The van der Waals surface area contributed by atoms with Crippen molar-refractivity contribution in [3.63, 3.8) is 0 Å². The zero-order chi connectivity index (χ0) is 6.00. The van der Waals surface area contributed by atoms with Crippen LogP contribution in [0.5, 0.6) is 0 Å². The second kappa shape index (κ2) is 747. The Labute approximate surface area is 112 Å². The first-order valence-corrected chi connectivity index (χ1v) is 2.37. The molecule has 0 fully saturated rings. The molecule has 0 aromatic heterocycles. The van der Waals surface area contributed by atoms with E-state index < -0.39 is 0 Å². The summed E-state index contributed by atoms with van der Waals surface area (Å²) in [4.78, 5) is 14.0. The molecule has 0 saturated carbocycles. The number of hydrogen-bond donors (Lipinski definition) is 0. The van der Waals surface area contributed by atoms with Crippen LogP contribution in [0.2, 0.25) is 0 Å². The van der Waals surface area contributed by atoms with Gasteiger partial charge in [-0.2, -0.15) is 27.0 Å². The number of rotatable bonds is 0. The average Bonchev–Trinajstić information content (AvgIpc) is 1.81. The third kappa shape index (κ3) is 573. The van der Waals surface area contributed by atoms with Crippen LogP contribution in [0.15, 0.2) is 0 Å². The zero-order valence-corrected chi connectivity index (χ0v) is 11.6. The van der Waals surface area contributed by atoms with Gasteiger partial charge in [-0.15, -0.1) is 0 Å². The maximum absolute atomic E-state index is 8.17. The molecule has 6 N–H and O–H groups in total. The second-order valence-electron chi connectivity index (χ2n) is 0. The quantitative estimate of drug-likeness (QED) is 0.434. The van der Waals surface area contributed by atoms with E-state index in [0.29, 0.717) is 0 Å². The molecule has 0 heterocycles. The summed E-state index contributed by atoms with van der Waals surface area (Å²) in [5.74, 6) is 0. The van der Waals surface area contributed by atoms with Gasteiger partial charge in [-0.3, -0.25) is 0 Å². The molecule has 0 aliphatic rings. The summed E-state index contributed by atoms with van der Waals surface area (Å²) in [5, 5.41) is 0. The van der Waals surface area contributed by atoms with Crippen LogP contribution < -0.4 is 0 Å². The third-order valence-electron chi connectivity index (χ3n) is 0. The summed E-state index contributed by atoms with van der Waals surface area (Å²) in [5.41, 5.74) is 0. The SMILES string of the molecule is O.O.O.O=O.S.S.S=S.[Al].[O]=[Al]. The summed E-state index contributed by atoms with van der Waals surface area (Å²) in [6.45, 7) is 0. The Hall–Kier alpha value is 1.48. The summed E-state index contributed by atoms with van der Waals surface area (Å²) in [6.07, 6.45) is 0. The predicted octanol–water partition coefficient (Wildman–Crippen LogP) is -3.07. The Kier molecular flexibility index (Phi) is 6500. The van der Waals surface area contributed by atoms with Crippen molar-refractivity contribution in [2.24, 2.45) is 0 Å². The van der Waals surface area contributed by atoms with Crippen molar-refractivity contribution >= 4 is 83.0 Å². The van der Waals surface area contributed by atoms with E-state index in [1.807, 2.05) is 0 Å². The van der Waals surface area contributed by atoms with E-state index in [2.05, 4.69) is 22.4 Å². The molecule has 0 aliphatic carbocycles. The van der Waals surface area contributed by atoms with Gasteiger partial charge in [0.15, 0.2) is 0 Å². The van der Waals surface area contributed by atoms with Crippen molar-refractivity contribution < 1.29 is 20.2 Å². The second-order valence-corrected chi connectivity index (χ2v) is 0. The van der Waals surface area contributed by atoms with Gasteiger partial charge in [0.25, 0.3) is 0 Å². The third-order valence-corrected chi connectivity index (χ3v) is 0. The van der Waals surface area contributed by atoms with E-state index in [-0.39, 0.29) is 60.8 Å². The first kappa shape index (κ1) is 104. The molecule has 0 saturated heterocycles. The Morgan fingerprint density at radius 2 is 0.750 bits per heavy atom. The van der Waals surface area contributed by atoms with Crippen LogP contribution >= 0.6 is 27.0 Å². The first-order chi connectivity index (χ1) is 3.00. The van der Waals surface area contributed by atoms with Crippen molar-refractivity contribution in [3.05, 3.63) is 9.93 Å². The van der Waals surface area contributed by atoms with Crippen LogP contribution in [0.1, 0.15) is 0 Å². The Morgan fingerprint density at radius 3 is 0.750 bits per heavy atom. The molecule has 12 heavy (non-hydrogen) atoms. The number of hydrogen-bond acceptors (Lipinski definition) is 5. The van der Waals surface area contributed by atoms with Crippen LogP contribution in [0, 0.1) is 9.93 Å². The van der Waals surface area contributed by atoms with Crippen LogP contribution in [0.25, 0.3) is 0 Å². The fourth-order valence-electron chi connectivity index (χ4n) is 0. The Morgan fingerprint density at radius 1 is 0.750 bits per heavy atom. The molecule has 0 unspecified atom stereocenters. The van der Waals surface area contributed by atoms with Crippen LogP contribution in [0.4, 0.5) is 0 Å². The molecular weight excluding hydrogens is 278 g/mol. The van der Waals surface area contributed by atoms with Crippen LogP contribution in [0.3, 0.4) is 0 Å². The molecule has 0 amide bonds. The average molecular weight is 288 g/mol. The normalized spacial score (nSPS) is 0.917. The van der Waals surface area contributed by atoms with Gasteiger partial charge in [0, 0.05) is 49.7 Å². The maximum atomic E-state index is 8.17. The molecule has 0 aliphatic heterocycles. The van der Waals surface area contributed by atoms with Crippen molar-refractivity contribution in [3.8, 4) is 0 Å². The van der Waals surface area contributed by atoms with Crippen LogP contribution in [-0.4, -0.2) is 50.0 Å². The summed E-state index contributed by atoms with van der Waals surface area (Å²) >= 11 is 8.50. The molecule has 6 nitrogen and oxygen atoms in total.